The van der Waals surface area contributed by atoms with Gasteiger partial charge in [0.25, 0.3) is 0 Å². The first-order valence-corrected chi connectivity index (χ1v) is 8.97. The number of carbonyl (C=O) groups is 1. The summed E-state index contributed by atoms with van der Waals surface area (Å²) in [7, 11) is 1.69. The Labute approximate surface area is 156 Å². The first kappa shape index (κ1) is 19.0. The smallest absolute Gasteiger partial charge is 0.232 e. The molecule has 1 amide bonds. The number of nitrogens with zero attached hydrogens (tertiary/aromatic N) is 5. The van der Waals surface area contributed by atoms with Gasteiger partial charge in [-0.05, 0) is 24.3 Å². The Hall–Kier alpha value is -2.30. The van der Waals surface area contributed by atoms with E-state index in [0.717, 1.165) is 5.56 Å². The molecule has 0 saturated heterocycles. The molecule has 25 heavy (non-hydrogen) atoms. The molecule has 0 spiro atoms. The Kier molecular flexibility index (Phi) is 7.04. The van der Waals surface area contributed by atoms with Crippen LogP contribution >= 0.6 is 23.4 Å². The van der Waals surface area contributed by atoms with Crippen molar-refractivity contribution in [3.05, 3.63) is 41.9 Å². The van der Waals surface area contributed by atoms with E-state index in [1.807, 2.05) is 22.8 Å². The van der Waals surface area contributed by atoms with Crippen molar-refractivity contribution in [3.8, 4) is 17.5 Å². The van der Waals surface area contributed by atoms with Crippen molar-refractivity contribution >= 4 is 29.3 Å². The van der Waals surface area contributed by atoms with Crippen LogP contribution in [0.4, 0.5) is 0 Å². The fourth-order valence-corrected chi connectivity index (χ4v) is 3.09. The average molecular weight is 376 g/mol. The molecule has 130 valence electrons. The lowest BCUT2D eigenvalue weighted by atomic mass is 10.2. The van der Waals surface area contributed by atoms with Crippen LogP contribution in [0.3, 0.4) is 0 Å². The number of hydrogen-bond donors (Lipinski definition) is 0. The minimum absolute atomic E-state index is 0.0542. The van der Waals surface area contributed by atoms with Crippen LogP contribution in [-0.4, -0.2) is 44.9 Å². The molecule has 1 heterocycles. The number of halogens is 1. The summed E-state index contributed by atoms with van der Waals surface area (Å²) in [5, 5.41) is 18.3. The molecule has 0 unspecified atom stereocenters. The Morgan fingerprint density at radius 2 is 2.16 bits per heavy atom. The molecule has 2 aromatic rings. The van der Waals surface area contributed by atoms with Crippen molar-refractivity contribution in [2.24, 2.45) is 0 Å². The maximum atomic E-state index is 12.1. The topological polar surface area (TPSA) is 74.8 Å². The van der Waals surface area contributed by atoms with E-state index in [0.29, 0.717) is 35.5 Å². The van der Waals surface area contributed by atoms with Crippen LogP contribution in [0.5, 0.6) is 0 Å². The number of carbonyl (C=O) groups excluding carboxylic acids is 1. The molecule has 0 aliphatic carbocycles. The summed E-state index contributed by atoms with van der Waals surface area (Å²) in [5.41, 5.74) is 0.892. The third-order valence-electron chi connectivity index (χ3n) is 3.44. The molecule has 0 saturated carbocycles. The SMILES string of the molecule is C=CCn1c(SCC(=O)N(C)CCC#N)nnc1-c1ccc(Cl)cc1. The number of hydrogen-bond acceptors (Lipinski definition) is 5. The maximum Gasteiger partial charge on any atom is 0.232 e. The number of nitriles is 1. The molecule has 0 radical (unpaired) electrons. The Bertz CT molecular complexity index is 781. The molecule has 0 aliphatic rings. The second-order valence-corrected chi connectivity index (χ2v) is 6.60. The van der Waals surface area contributed by atoms with Gasteiger partial charge in [-0.25, -0.2) is 0 Å². The van der Waals surface area contributed by atoms with Crippen LogP contribution in [0.2, 0.25) is 5.02 Å². The molecule has 0 aliphatic heterocycles. The normalized spacial score (nSPS) is 10.3. The van der Waals surface area contributed by atoms with Crippen molar-refractivity contribution in [2.45, 2.75) is 18.1 Å². The monoisotopic (exact) mass is 375 g/mol. The predicted molar refractivity (Wildman–Crippen MR) is 99.3 cm³/mol. The van der Waals surface area contributed by atoms with Gasteiger partial charge in [0.1, 0.15) is 0 Å². The molecule has 0 N–H and O–H groups in total. The van der Waals surface area contributed by atoms with Crippen molar-refractivity contribution < 1.29 is 4.79 Å². The van der Waals surface area contributed by atoms with Gasteiger partial charge in [0.05, 0.1) is 18.2 Å². The standard InChI is InChI=1S/C17H18ClN5OS/c1-3-10-23-16(13-5-7-14(18)8-6-13)20-21-17(23)25-12-15(24)22(2)11-4-9-19/h3,5-8H,1,4,10-12H2,2H3. The molecular weight excluding hydrogens is 358 g/mol. The highest BCUT2D eigenvalue weighted by Crippen LogP contribution is 2.25. The van der Waals surface area contributed by atoms with E-state index in [2.05, 4.69) is 16.8 Å². The quantitative estimate of drug-likeness (QED) is 0.523. The molecular formula is C17H18ClN5OS. The largest absolute Gasteiger partial charge is 0.344 e. The summed E-state index contributed by atoms with van der Waals surface area (Å²) >= 11 is 7.25. The van der Waals surface area contributed by atoms with Crippen molar-refractivity contribution in [2.75, 3.05) is 19.3 Å². The van der Waals surface area contributed by atoms with Crippen molar-refractivity contribution in [1.29, 1.82) is 5.26 Å². The third kappa shape index (κ3) is 5.08. The number of rotatable bonds is 8. The minimum Gasteiger partial charge on any atom is -0.344 e. The molecule has 8 heteroatoms. The van der Waals surface area contributed by atoms with Gasteiger partial charge in [0.2, 0.25) is 5.91 Å². The third-order valence-corrected chi connectivity index (χ3v) is 4.64. The second kappa shape index (κ2) is 9.25. The van der Waals surface area contributed by atoms with Crippen LogP contribution < -0.4 is 0 Å². The summed E-state index contributed by atoms with van der Waals surface area (Å²) in [6.07, 6.45) is 2.08. The number of aromatic nitrogens is 3. The van der Waals surface area contributed by atoms with E-state index in [1.54, 1.807) is 30.2 Å². The van der Waals surface area contributed by atoms with E-state index in [4.69, 9.17) is 16.9 Å². The molecule has 0 fully saturated rings. The Morgan fingerprint density at radius 1 is 1.44 bits per heavy atom. The molecule has 6 nitrogen and oxygen atoms in total. The molecule has 0 bridgehead atoms. The van der Waals surface area contributed by atoms with E-state index in [9.17, 15) is 4.79 Å². The Balaban J connectivity index is 2.13. The van der Waals surface area contributed by atoms with Crippen LogP contribution in [-0.2, 0) is 11.3 Å². The fraction of sp³-hybridized carbons (Fsp3) is 0.294. The summed E-state index contributed by atoms with van der Waals surface area (Å²) in [6.45, 7) is 4.73. The van der Waals surface area contributed by atoms with Gasteiger partial charge < -0.3 is 4.90 Å². The molecule has 2 rings (SSSR count). The highest BCUT2D eigenvalue weighted by molar-refractivity contribution is 7.99. The van der Waals surface area contributed by atoms with Crippen molar-refractivity contribution in [3.63, 3.8) is 0 Å². The van der Waals surface area contributed by atoms with Crippen LogP contribution in [0, 0.1) is 11.3 Å². The summed E-state index contributed by atoms with van der Waals surface area (Å²) < 4.78 is 1.91. The first-order valence-electron chi connectivity index (χ1n) is 7.60. The van der Waals surface area contributed by atoms with Gasteiger partial charge in [0, 0.05) is 30.7 Å². The number of allylic oxidation sites excluding steroid dienone is 1. The second-order valence-electron chi connectivity index (χ2n) is 5.22. The minimum atomic E-state index is -0.0542. The van der Waals surface area contributed by atoms with Gasteiger partial charge in [-0.3, -0.25) is 9.36 Å². The number of benzene rings is 1. The van der Waals surface area contributed by atoms with Gasteiger partial charge in [-0.2, -0.15) is 5.26 Å². The zero-order valence-electron chi connectivity index (χ0n) is 13.9. The lowest BCUT2D eigenvalue weighted by Gasteiger charge is -2.15. The summed E-state index contributed by atoms with van der Waals surface area (Å²) in [4.78, 5) is 13.7. The van der Waals surface area contributed by atoms with Crippen LogP contribution in [0.15, 0.2) is 42.1 Å². The first-order chi connectivity index (χ1) is 12.1. The van der Waals surface area contributed by atoms with Gasteiger partial charge in [-0.15, -0.1) is 16.8 Å². The van der Waals surface area contributed by atoms with Gasteiger partial charge >= 0.3 is 0 Å². The number of amides is 1. The van der Waals surface area contributed by atoms with Crippen LogP contribution in [0.1, 0.15) is 6.42 Å². The Morgan fingerprint density at radius 3 is 2.80 bits per heavy atom. The lowest BCUT2D eigenvalue weighted by Crippen LogP contribution is -2.29. The molecule has 1 aromatic heterocycles. The lowest BCUT2D eigenvalue weighted by molar-refractivity contribution is -0.127. The van der Waals surface area contributed by atoms with Crippen molar-refractivity contribution in [1.82, 2.24) is 19.7 Å². The highest BCUT2D eigenvalue weighted by Gasteiger charge is 2.16. The van der Waals surface area contributed by atoms with E-state index < -0.39 is 0 Å². The zero-order valence-corrected chi connectivity index (χ0v) is 15.4. The van der Waals surface area contributed by atoms with Gasteiger partial charge in [-0.1, -0.05) is 29.4 Å². The van der Waals surface area contributed by atoms with E-state index in [-0.39, 0.29) is 11.7 Å². The van der Waals surface area contributed by atoms with E-state index in [1.165, 1.54) is 11.8 Å². The molecule has 1 aromatic carbocycles. The predicted octanol–water partition coefficient (Wildman–Crippen LogP) is 3.25. The summed E-state index contributed by atoms with van der Waals surface area (Å²) in [5.74, 6) is 0.878. The van der Waals surface area contributed by atoms with Gasteiger partial charge in [0.15, 0.2) is 11.0 Å². The fourth-order valence-electron chi connectivity index (χ4n) is 2.08. The maximum absolute atomic E-state index is 12.1. The highest BCUT2D eigenvalue weighted by atomic mass is 35.5. The average Bonchev–Trinajstić information content (AvgIpc) is 3.01. The zero-order chi connectivity index (χ0) is 18.2. The van der Waals surface area contributed by atoms with E-state index >= 15 is 0 Å². The molecule has 0 atom stereocenters. The number of thioether (sulfide) groups is 1. The van der Waals surface area contributed by atoms with Crippen LogP contribution in [0.25, 0.3) is 11.4 Å². The summed E-state index contributed by atoms with van der Waals surface area (Å²) in [6, 6.07) is 9.38.